The van der Waals surface area contributed by atoms with Crippen LogP contribution in [0.4, 0.5) is 4.79 Å². The average molecular weight is 299 g/mol. The summed E-state index contributed by atoms with van der Waals surface area (Å²) in [6, 6.07) is 0.163. The SMILES string of the molecule is CC(C)N(C)CCCCNC(=O)NC1(C(=O)O)CCCC1. The molecule has 21 heavy (non-hydrogen) atoms. The van der Waals surface area contributed by atoms with Gasteiger partial charge in [-0.05, 0) is 53.1 Å². The molecule has 0 aromatic heterocycles. The van der Waals surface area contributed by atoms with Crippen molar-refractivity contribution in [3.8, 4) is 0 Å². The number of carboxylic acid groups (broad SMARTS) is 1. The zero-order valence-electron chi connectivity index (χ0n) is 13.4. The first-order chi connectivity index (χ1) is 9.87. The molecule has 0 bridgehead atoms. The average Bonchev–Trinajstić information content (AvgIpc) is 2.87. The Morgan fingerprint density at radius 1 is 1.24 bits per heavy atom. The lowest BCUT2D eigenvalue weighted by atomic mass is 9.98. The number of nitrogens with zero attached hydrogens (tertiary/aromatic N) is 1. The number of rotatable bonds is 8. The minimum Gasteiger partial charge on any atom is -0.480 e. The molecule has 6 heteroatoms. The third-order valence-electron chi connectivity index (χ3n) is 4.32. The molecule has 0 aromatic rings. The van der Waals surface area contributed by atoms with Gasteiger partial charge in [0.25, 0.3) is 0 Å². The number of carbonyl (C=O) groups excluding carboxylic acids is 1. The summed E-state index contributed by atoms with van der Waals surface area (Å²) in [7, 11) is 2.08. The molecule has 122 valence electrons. The molecule has 0 aliphatic heterocycles. The van der Waals surface area contributed by atoms with Gasteiger partial charge in [0.2, 0.25) is 0 Å². The summed E-state index contributed by atoms with van der Waals surface area (Å²) in [6.07, 6.45) is 4.66. The van der Waals surface area contributed by atoms with Crippen LogP contribution in [0.25, 0.3) is 0 Å². The van der Waals surface area contributed by atoms with Gasteiger partial charge >= 0.3 is 12.0 Å². The number of amides is 2. The zero-order chi connectivity index (χ0) is 15.9. The van der Waals surface area contributed by atoms with E-state index >= 15 is 0 Å². The third kappa shape index (κ3) is 5.53. The van der Waals surface area contributed by atoms with Gasteiger partial charge < -0.3 is 20.6 Å². The van der Waals surface area contributed by atoms with E-state index in [1.54, 1.807) is 0 Å². The molecular weight excluding hydrogens is 270 g/mol. The van der Waals surface area contributed by atoms with Crippen molar-refractivity contribution in [2.75, 3.05) is 20.1 Å². The third-order valence-corrected chi connectivity index (χ3v) is 4.32. The smallest absolute Gasteiger partial charge is 0.329 e. The molecule has 0 radical (unpaired) electrons. The second kappa shape index (κ2) is 8.22. The first-order valence-corrected chi connectivity index (χ1v) is 7.87. The zero-order valence-corrected chi connectivity index (χ0v) is 13.4. The van der Waals surface area contributed by atoms with E-state index in [4.69, 9.17) is 0 Å². The van der Waals surface area contributed by atoms with Gasteiger partial charge in [0.1, 0.15) is 5.54 Å². The molecule has 0 atom stereocenters. The molecule has 0 spiro atoms. The van der Waals surface area contributed by atoms with E-state index in [-0.39, 0.29) is 6.03 Å². The van der Waals surface area contributed by atoms with Crippen LogP contribution in [0.3, 0.4) is 0 Å². The Morgan fingerprint density at radius 2 is 1.86 bits per heavy atom. The van der Waals surface area contributed by atoms with Crippen LogP contribution in [-0.2, 0) is 4.79 Å². The summed E-state index contributed by atoms with van der Waals surface area (Å²) >= 11 is 0. The second-order valence-corrected chi connectivity index (χ2v) is 6.26. The summed E-state index contributed by atoms with van der Waals surface area (Å²) in [5.74, 6) is -0.922. The fourth-order valence-electron chi connectivity index (χ4n) is 2.58. The van der Waals surface area contributed by atoms with Crippen LogP contribution in [-0.4, -0.2) is 53.7 Å². The monoisotopic (exact) mass is 299 g/mol. The van der Waals surface area contributed by atoms with Gasteiger partial charge in [-0.15, -0.1) is 0 Å². The normalized spacial score (nSPS) is 17.2. The van der Waals surface area contributed by atoms with Crippen molar-refractivity contribution < 1.29 is 14.7 Å². The summed E-state index contributed by atoms with van der Waals surface area (Å²) < 4.78 is 0. The molecule has 0 aromatic carbocycles. The van der Waals surface area contributed by atoms with Gasteiger partial charge in [-0.2, -0.15) is 0 Å². The Kier molecular flexibility index (Phi) is 6.95. The van der Waals surface area contributed by atoms with E-state index in [1.165, 1.54) is 0 Å². The number of carbonyl (C=O) groups is 2. The van der Waals surface area contributed by atoms with E-state index in [0.29, 0.717) is 25.4 Å². The van der Waals surface area contributed by atoms with Crippen molar-refractivity contribution >= 4 is 12.0 Å². The Morgan fingerprint density at radius 3 is 2.38 bits per heavy atom. The van der Waals surface area contributed by atoms with Crippen LogP contribution < -0.4 is 10.6 Å². The molecule has 1 fully saturated rings. The predicted octanol–water partition coefficient (Wildman–Crippen LogP) is 1.80. The molecule has 1 rings (SSSR count). The van der Waals surface area contributed by atoms with E-state index in [2.05, 4.69) is 36.4 Å². The largest absolute Gasteiger partial charge is 0.480 e. The second-order valence-electron chi connectivity index (χ2n) is 6.26. The molecule has 1 aliphatic rings. The summed E-state index contributed by atoms with van der Waals surface area (Å²) in [6.45, 7) is 5.88. The molecule has 3 N–H and O–H groups in total. The Balaban J connectivity index is 2.21. The van der Waals surface area contributed by atoms with Crippen molar-refractivity contribution in [1.82, 2.24) is 15.5 Å². The van der Waals surface area contributed by atoms with E-state index < -0.39 is 11.5 Å². The molecule has 0 saturated heterocycles. The number of carboxylic acids is 1. The standard InChI is InChI=1S/C15H29N3O3/c1-12(2)18(3)11-7-6-10-16-14(21)17-15(13(19)20)8-4-5-9-15/h12H,4-11H2,1-3H3,(H,19,20)(H2,16,17,21). The highest BCUT2D eigenvalue weighted by molar-refractivity contribution is 5.86. The van der Waals surface area contributed by atoms with Gasteiger partial charge in [-0.3, -0.25) is 0 Å². The van der Waals surface area contributed by atoms with Gasteiger partial charge in [0, 0.05) is 12.6 Å². The maximum Gasteiger partial charge on any atom is 0.329 e. The Labute approximate surface area is 127 Å². The van der Waals surface area contributed by atoms with Gasteiger partial charge in [0.15, 0.2) is 0 Å². The maximum absolute atomic E-state index is 11.8. The van der Waals surface area contributed by atoms with E-state index in [0.717, 1.165) is 32.2 Å². The van der Waals surface area contributed by atoms with E-state index in [1.807, 2.05) is 0 Å². The highest BCUT2D eigenvalue weighted by Crippen LogP contribution is 2.29. The molecule has 0 heterocycles. The van der Waals surface area contributed by atoms with Gasteiger partial charge in [-0.25, -0.2) is 9.59 Å². The van der Waals surface area contributed by atoms with Crippen molar-refractivity contribution in [2.45, 2.75) is 64.0 Å². The molecule has 1 saturated carbocycles. The lowest BCUT2D eigenvalue weighted by molar-refractivity contribution is -0.144. The van der Waals surface area contributed by atoms with Crippen LogP contribution in [0.1, 0.15) is 52.4 Å². The molecule has 0 unspecified atom stereocenters. The minimum atomic E-state index is -1.05. The van der Waals surface area contributed by atoms with E-state index in [9.17, 15) is 14.7 Å². The van der Waals surface area contributed by atoms with Crippen LogP contribution in [0.15, 0.2) is 0 Å². The number of aliphatic carboxylic acids is 1. The van der Waals surface area contributed by atoms with Crippen molar-refractivity contribution in [3.05, 3.63) is 0 Å². The maximum atomic E-state index is 11.8. The topological polar surface area (TPSA) is 81.7 Å². The number of hydrogen-bond acceptors (Lipinski definition) is 3. The Bertz CT molecular complexity index is 352. The quantitative estimate of drug-likeness (QED) is 0.597. The van der Waals surface area contributed by atoms with Crippen LogP contribution in [0, 0.1) is 0 Å². The number of nitrogens with one attached hydrogen (secondary N) is 2. The lowest BCUT2D eigenvalue weighted by Gasteiger charge is -2.25. The van der Waals surface area contributed by atoms with Crippen LogP contribution in [0.5, 0.6) is 0 Å². The number of urea groups is 1. The minimum absolute atomic E-state index is 0.364. The van der Waals surface area contributed by atoms with Crippen LogP contribution >= 0.6 is 0 Å². The summed E-state index contributed by atoms with van der Waals surface area (Å²) in [5.41, 5.74) is -1.05. The molecular formula is C15H29N3O3. The summed E-state index contributed by atoms with van der Waals surface area (Å²) in [5, 5.41) is 14.7. The van der Waals surface area contributed by atoms with Gasteiger partial charge in [-0.1, -0.05) is 12.8 Å². The first-order valence-electron chi connectivity index (χ1n) is 7.87. The highest BCUT2D eigenvalue weighted by atomic mass is 16.4. The Hall–Kier alpha value is -1.30. The molecule has 6 nitrogen and oxygen atoms in total. The number of hydrogen-bond donors (Lipinski definition) is 3. The number of unbranched alkanes of at least 4 members (excludes halogenated alkanes) is 1. The first kappa shape index (κ1) is 17.8. The van der Waals surface area contributed by atoms with Crippen LogP contribution in [0.2, 0.25) is 0 Å². The molecule has 1 aliphatic carbocycles. The van der Waals surface area contributed by atoms with Crippen molar-refractivity contribution in [2.24, 2.45) is 0 Å². The summed E-state index contributed by atoms with van der Waals surface area (Å²) in [4.78, 5) is 25.4. The predicted molar refractivity (Wildman–Crippen MR) is 82.4 cm³/mol. The van der Waals surface area contributed by atoms with Crippen molar-refractivity contribution in [3.63, 3.8) is 0 Å². The molecule has 2 amide bonds. The lowest BCUT2D eigenvalue weighted by Crippen LogP contribution is -2.55. The fourth-order valence-corrected chi connectivity index (χ4v) is 2.58. The van der Waals surface area contributed by atoms with Gasteiger partial charge in [0.05, 0.1) is 0 Å². The van der Waals surface area contributed by atoms with Crippen molar-refractivity contribution in [1.29, 1.82) is 0 Å². The highest BCUT2D eigenvalue weighted by Gasteiger charge is 2.42. The fraction of sp³-hybridized carbons (Fsp3) is 0.867.